The van der Waals surface area contributed by atoms with Crippen molar-refractivity contribution in [1.29, 1.82) is 0 Å². The van der Waals surface area contributed by atoms with Gasteiger partial charge in [-0.05, 0) is 18.9 Å². The maximum atomic E-state index is 5.98. The monoisotopic (exact) mass is 232 g/mol. The summed E-state index contributed by atoms with van der Waals surface area (Å²) < 4.78 is 5.37. The Bertz CT molecular complexity index is 382. The number of nitrogens with zero attached hydrogens (tertiary/aromatic N) is 1. The molecule has 17 heavy (non-hydrogen) atoms. The first-order valence-electron chi connectivity index (χ1n) is 5.67. The maximum absolute atomic E-state index is 5.98. The third-order valence-corrected chi connectivity index (χ3v) is 2.37. The van der Waals surface area contributed by atoms with Crippen LogP contribution >= 0.6 is 0 Å². The highest BCUT2D eigenvalue weighted by atomic mass is 16.5. The van der Waals surface area contributed by atoms with Crippen molar-refractivity contribution in [2.45, 2.75) is 19.4 Å². The third kappa shape index (κ3) is 5.31. The minimum atomic E-state index is -0.0280. The van der Waals surface area contributed by atoms with Gasteiger partial charge >= 0.3 is 0 Å². The summed E-state index contributed by atoms with van der Waals surface area (Å²) in [5.41, 5.74) is 8.46. The molecule has 0 saturated heterocycles. The summed E-state index contributed by atoms with van der Waals surface area (Å²) >= 11 is 0. The van der Waals surface area contributed by atoms with E-state index in [1.54, 1.807) is 13.3 Å². The predicted octanol–water partition coefficient (Wildman–Crippen LogP) is 2.10. The molecule has 2 N–H and O–H groups in total. The normalized spacial score (nSPS) is 12.6. The summed E-state index contributed by atoms with van der Waals surface area (Å²) in [5.74, 6) is 0.548. The smallest absolute Gasteiger partial charge is 0.129 e. The van der Waals surface area contributed by atoms with E-state index >= 15 is 0 Å². The van der Waals surface area contributed by atoms with E-state index in [1.165, 1.54) is 11.1 Å². The van der Waals surface area contributed by atoms with Crippen LogP contribution in [0.5, 0.6) is 0 Å². The number of allylic oxidation sites excluding steroid dienone is 1. The predicted molar refractivity (Wildman–Crippen MR) is 72.4 cm³/mol. The van der Waals surface area contributed by atoms with E-state index in [4.69, 9.17) is 10.5 Å². The first-order chi connectivity index (χ1) is 8.11. The van der Waals surface area contributed by atoms with Crippen LogP contribution in [0, 0.1) is 6.92 Å². The van der Waals surface area contributed by atoms with Crippen LogP contribution in [-0.4, -0.2) is 25.9 Å². The van der Waals surface area contributed by atoms with Crippen molar-refractivity contribution in [3.63, 3.8) is 0 Å². The zero-order chi connectivity index (χ0) is 12.7. The van der Waals surface area contributed by atoms with E-state index in [1.807, 2.05) is 0 Å². The summed E-state index contributed by atoms with van der Waals surface area (Å²) in [6.45, 7) is 6.24. The molecule has 1 atom stereocenters. The Kier molecular flexibility index (Phi) is 5.43. The molecule has 0 spiro atoms. The van der Waals surface area contributed by atoms with Gasteiger partial charge < -0.3 is 10.5 Å². The van der Waals surface area contributed by atoms with Gasteiger partial charge in [0.1, 0.15) is 12.4 Å². The second kappa shape index (κ2) is 6.86. The quantitative estimate of drug-likeness (QED) is 0.603. The molecule has 0 aliphatic carbocycles. The van der Waals surface area contributed by atoms with Crippen LogP contribution in [-0.2, 0) is 11.2 Å². The lowest BCUT2D eigenvalue weighted by Gasteiger charge is -2.13. The second-order valence-corrected chi connectivity index (χ2v) is 4.11. The zero-order valence-electron chi connectivity index (χ0n) is 10.5. The maximum Gasteiger partial charge on any atom is 0.129 e. The molecule has 0 aliphatic heterocycles. The van der Waals surface area contributed by atoms with Gasteiger partial charge in [0.15, 0.2) is 0 Å². The fourth-order valence-electron chi connectivity index (χ4n) is 1.48. The molecule has 0 aromatic heterocycles. The zero-order valence-corrected chi connectivity index (χ0v) is 10.5. The minimum Gasteiger partial charge on any atom is -0.491 e. The van der Waals surface area contributed by atoms with Crippen LogP contribution in [0.25, 0.3) is 0 Å². The lowest BCUT2D eigenvalue weighted by atomic mass is 10.1. The van der Waals surface area contributed by atoms with Crippen molar-refractivity contribution in [3.05, 3.63) is 47.7 Å². The van der Waals surface area contributed by atoms with E-state index in [0.29, 0.717) is 12.4 Å². The summed E-state index contributed by atoms with van der Waals surface area (Å²) in [6.07, 6.45) is 2.38. The number of aliphatic imine (C=N–C) groups is 1. The Labute approximate surface area is 103 Å². The Balaban J connectivity index is 2.36. The molecule has 0 fully saturated rings. The number of hydrogen-bond donors (Lipinski definition) is 1. The first kappa shape index (κ1) is 13.5. The Morgan fingerprint density at radius 1 is 1.47 bits per heavy atom. The first-order valence-corrected chi connectivity index (χ1v) is 5.67. The van der Waals surface area contributed by atoms with Crippen molar-refractivity contribution in [1.82, 2.24) is 0 Å². The average Bonchev–Trinajstić information content (AvgIpc) is 2.30. The molecule has 1 aromatic rings. The van der Waals surface area contributed by atoms with E-state index in [9.17, 15) is 0 Å². The van der Waals surface area contributed by atoms with Crippen molar-refractivity contribution in [3.8, 4) is 0 Å². The lowest BCUT2D eigenvalue weighted by Crippen LogP contribution is -2.28. The number of nitrogens with two attached hydrogens (primary N) is 1. The number of hydrogen-bond acceptors (Lipinski definition) is 3. The molecule has 1 rings (SSSR count). The topological polar surface area (TPSA) is 47.6 Å². The van der Waals surface area contributed by atoms with Crippen LogP contribution in [0.2, 0.25) is 0 Å². The molecule has 3 nitrogen and oxygen atoms in total. The number of benzene rings is 1. The second-order valence-electron chi connectivity index (χ2n) is 4.11. The van der Waals surface area contributed by atoms with Gasteiger partial charge in [0.05, 0.1) is 6.21 Å². The van der Waals surface area contributed by atoms with Gasteiger partial charge in [0, 0.05) is 13.1 Å². The standard InChI is InChI=1S/C14H20N2O/c1-11-4-6-13(7-5-11)8-14(15)10-17-12(2)9-16-3/h4-7,9,14H,2,8,10,15H2,1,3H3. The van der Waals surface area contributed by atoms with Gasteiger partial charge in [-0.15, -0.1) is 0 Å². The van der Waals surface area contributed by atoms with Crippen molar-refractivity contribution in [2.24, 2.45) is 10.7 Å². The van der Waals surface area contributed by atoms with Crippen LogP contribution in [0.1, 0.15) is 11.1 Å². The minimum absolute atomic E-state index is 0.0280. The SMILES string of the molecule is C=C(C=NC)OCC(N)Cc1ccc(C)cc1. The van der Waals surface area contributed by atoms with Gasteiger partial charge in [-0.25, -0.2) is 0 Å². The molecule has 0 bridgehead atoms. The Morgan fingerprint density at radius 2 is 2.12 bits per heavy atom. The molecule has 0 radical (unpaired) electrons. The van der Waals surface area contributed by atoms with Crippen LogP contribution in [0.3, 0.4) is 0 Å². The molecule has 0 amide bonds. The number of aryl methyl sites for hydroxylation is 1. The third-order valence-electron chi connectivity index (χ3n) is 2.37. The number of rotatable bonds is 6. The largest absolute Gasteiger partial charge is 0.491 e. The highest BCUT2D eigenvalue weighted by Crippen LogP contribution is 2.06. The van der Waals surface area contributed by atoms with Crippen LogP contribution in [0.15, 0.2) is 41.6 Å². The summed E-state index contributed by atoms with van der Waals surface area (Å²) in [7, 11) is 1.68. The van der Waals surface area contributed by atoms with Crippen LogP contribution < -0.4 is 5.73 Å². The molecule has 0 heterocycles. The van der Waals surface area contributed by atoms with Crippen LogP contribution in [0.4, 0.5) is 0 Å². The van der Waals surface area contributed by atoms with Crippen molar-refractivity contribution >= 4 is 6.21 Å². The van der Waals surface area contributed by atoms with E-state index < -0.39 is 0 Å². The van der Waals surface area contributed by atoms with Crippen molar-refractivity contribution in [2.75, 3.05) is 13.7 Å². The molecular formula is C14H20N2O. The number of ether oxygens (including phenoxy) is 1. The van der Waals surface area contributed by atoms with Gasteiger partial charge in [0.25, 0.3) is 0 Å². The summed E-state index contributed by atoms with van der Waals surface area (Å²) in [5, 5.41) is 0. The van der Waals surface area contributed by atoms with Crippen molar-refractivity contribution < 1.29 is 4.74 Å². The molecule has 1 aromatic carbocycles. The average molecular weight is 232 g/mol. The molecule has 1 unspecified atom stereocenters. The van der Waals surface area contributed by atoms with Gasteiger partial charge in [-0.2, -0.15) is 0 Å². The summed E-state index contributed by atoms with van der Waals surface area (Å²) in [4.78, 5) is 3.82. The Morgan fingerprint density at radius 3 is 2.71 bits per heavy atom. The molecule has 3 heteroatoms. The van der Waals surface area contributed by atoms with Gasteiger partial charge in [-0.3, -0.25) is 4.99 Å². The molecule has 0 aliphatic rings. The molecular weight excluding hydrogens is 212 g/mol. The van der Waals surface area contributed by atoms with E-state index in [2.05, 4.69) is 42.8 Å². The lowest BCUT2D eigenvalue weighted by molar-refractivity contribution is 0.212. The van der Waals surface area contributed by atoms with E-state index in [0.717, 1.165) is 6.42 Å². The Hall–Kier alpha value is -1.61. The molecule has 92 valence electrons. The highest BCUT2D eigenvalue weighted by molar-refractivity contribution is 5.74. The fraction of sp³-hybridized carbons (Fsp3) is 0.357. The fourth-order valence-corrected chi connectivity index (χ4v) is 1.48. The van der Waals surface area contributed by atoms with E-state index in [-0.39, 0.29) is 6.04 Å². The molecule has 0 saturated carbocycles. The van der Waals surface area contributed by atoms with Gasteiger partial charge in [-0.1, -0.05) is 36.4 Å². The summed E-state index contributed by atoms with van der Waals surface area (Å²) in [6, 6.07) is 8.34. The van der Waals surface area contributed by atoms with Gasteiger partial charge in [0.2, 0.25) is 0 Å². The highest BCUT2D eigenvalue weighted by Gasteiger charge is 2.05.